The largest absolute Gasteiger partial charge is 0.489 e. The van der Waals surface area contributed by atoms with Crippen molar-refractivity contribution >= 4 is 15.7 Å². The van der Waals surface area contributed by atoms with Gasteiger partial charge in [-0.3, -0.25) is 10.0 Å². The summed E-state index contributed by atoms with van der Waals surface area (Å²) in [4.78, 5) is 11.8. The van der Waals surface area contributed by atoms with Crippen LogP contribution in [0.25, 0.3) is 0 Å². The highest BCUT2D eigenvalue weighted by atomic mass is 32.2. The van der Waals surface area contributed by atoms with Crippen LogP contribution in [0.5, 0.6) is 5.75 Å². The molecule has 0 aromatic heterocycles. The summed E-state index contributed by atoms with van der Waals surface area (Å²) in [5.74, 6) is -0.733. The molecule has 2 atom stereocenters. The van der Waals surface area contributed by atoms with Crippen LogP contribution in [-0.2, 0) is 26.0 Å². The normalized spacial score (nSPS) is 22.1. The van der Waals surface area contributed by atoms with E-state index in [4.69, 9.17) is 14.7 Å². The Morgan fingerprint density at radius 2 is 1.86 bits per heavy atom. The van der Waals surface area contributed by atoms with E-state index in [1.165, 1.54) is 29.7 Å². The van der Waals surface area contributed by atoms with Gasteiger partial charge in [-0.2, -0.15) is 0 Å². The van der Waals surface area contributed by atoms with Gasteiger partial charge in [0.1, 0.15) is 17.6 Å². The second kappa shape index (κ2) is 8.50. The van der Waals surface area contributed by atoms with Gasteiger partial charge in [-0.25, -0.2) is 13.9 Å². The van der Waals surface area contributed by atoms with Crippen molar-refractivity contribution in [2.45, 2.75) is 35.7 Å². The molecule has 1 heterocycles. The van der Waals surface area contributed by atoms with Crippen LogP contribution in [0.4, 0.5) is 0 Å². The number of carbonyl (C=O) groups is 1. The average Bonchev–Trinajstić information content (AvgIpc) is 2.73. The summed E-state index contributed by atoms with van der Waals surface area (Å²) in [6, 6.07) is 13.6. The third-order valence-electron chi connectivity index (χ3n) is 4.93. The first kappa shape index (κ1) is 21.3. The minimum absolute atomic E-state index is 0.0590. The predicted octanol–water partition coefficient (Wildman–Crippen LogP) is 1.37. The molecule has 0 aliphatic carbocycles. The Balaban J connectivity index is 1.76. The van der Waals surface area contributed by atoms with Crippen molar-refractivity contribution in [3.05, 3.63) is 59.7 Å². The predicted molar refractivity (Wildman–Crippen MR) is 103 cm³/mol. The lowest BCUT2D eigenvalue weighted by Gasteiger charge is -2.36. The van der Waals surface area contributed by atoms with E-state index in [1.807, 2.05) is 31.2 Å². The molecule has 156 valence electrons. The molecule has 0 spiro atoms. The van der Waals surface area contributed by atoms with Crippen LogP contribution in [0.2, 0.25) is 0 Å². The van der Waals surface area contributed by atoms with Crippen molar-refractivity contribution < 1.29 is 33.0 Å². The van der Waals surface area contributed by atoms with Gasteiger partial charge in [-0.15, -0.1) is 0 Å². The highest BCUT2D eigenvalue weighted by Crippen LogP contribution is 2.32. The van der Waals surface area contributed by atoms with Crippen LogP contribution in [0.1, 0.15) is 17.5 Å². The number of nitrogens with one attached hydrogen (secondary N) is 1. The lowest BCUT2D eigenvalue weighted by Crippen LogP contribution is -2.62. The second-order valence-corrected chi connectivity index (χ2v) is 9.12. The third kappa shape index (κ3) is 4.43. The van der Waals surface area contributed by atoms with Gasteiger partial charge in [0.25, 0.3) is 5.91 Å². The molecule has 3 N–H and O–H groups in total. The molecular formula is C20H23NO7S. The molecule has 1 aliphatic heterocycles. The number of hydrogen-bond acceptors (Lipinski definition) is 7. The summed E-state index contributed by atoms with van der Waals surface area (Å²) < 4.78 is 36.8. The van der Waals surface area contributed by atoms with Crippen LogP contribution < -0.4 is 10.2 Å². The number of rotatable bonds is 6. The number of amides is 1. The van der Waals surface area contributed by atoms with E-state index in [0.717, 1.165) is 11.1 Å². The minimum Gasteiger partial charge on any atom is -0.489 e. The summed E-state index contributed by atoms with van der Waals surface area (Å²) in [6.45, 7) is 1.87. The number of ether oxygens (including phenoxy) is 2. The lowest BCUT2D eigenvalue weighted by molar-refractivity contribution is -0.161. The minimum atomic E-state index is -4.07. The van der Waals surface area contributed by atoms with E-state index in [0.29, 0.717) is 12.4 Å². The quantitative estimate of drug-likeness (QED) is 0.476. The summed E-state index contributed by atoms with van der Waals surface area (Å²) in [5.41, 5.74) is 1.06. The molecule has 0 bridgehead atoms. The Bertz CT molecular complexity index is 957. The van der Waals surface area contributed by atoms with Gasteiger partial charge in [0.2, 0.25) is 0 Å². The molecule has 9 heteroatoms. The molecule has 0 radical (unpaired) electrons. The summed E-state index contributed by atoms with van der Waals surface area (Å²) in [5, 5.41) is 18.0. The first-order valence-electron chi connectivity index (χ1n) is 9.04. The Morgan fingerprint density at radius 3 is 2.48 bits per heavy atom. The number of sulfone groups is 1. The summed E-state index contributed by atoms with van der Waals surface area (Å²) >= 11 is 0. The zero-order chi connectivity index (χ0) is 21.1. The lowest BCUT2D eigenvalue weighted by atomic mass is 9.95. The van der Waals surface area contributed by atoms with Gasteiger partial charge in [0.05, 0.1) is 11.5 Å². The van der Waals surface area contributed by atoms with Crippen molar-refractivity contribution in [2.24, 2.45) is 0 Å². The molecule has 8 nitrogen and oxygen atoms in total. The fourth-order valence-corrected chi connectivity index (χ4v) is 5.15. The number of carbonyl (C=O) groups excluding carboxylic acids is 1. The topological polar surface area (TPSA) is 122 Å². The van der Waals surface area contributed by atoms with Gasteiger partial charge in [0, 0.05) is 6.61 Å². The first-order valence-corrected chi connectivity index (χ1v) is 10.6. The van der Waals surface area contributed by atoms with Gasteiger partial charge < -0.3 is 14.6 Å². The maximum absolute atomic E-state index is 13.0. The maximum Gasteiger partial charge on any atom is 0.279 e. The van der Waals surface area contributed by atoms with Gasteiger partial charge in [-0.1, -0.05) is 29.8 Å². The number of hydroxylamine groups is 1. The van der Waals surface area contributed by atoms with Crippen molar-refractivity contribution in [3.8, 4) is 5.75 Å². The fourth-order valence-electron chi connectivity index (χ4n) is 3.21. The fraction of sp³-hybridized carbons (Fsp3) is 0.350. The van der Waals surface area contributed by atoms with Crippen molar-refractivity contribution in [3.63, 3.8) is 0 Å². The Morgan fingerprint density at radius 1 is 1.21 bits per heavy atom. The number of aliphatic hydroxyl groups is 1. The zero-order valence-electron chi connectivity index (χ0n) is 15.9. The molecule has 29 heavy (non-hydrogen) atoms. The van der Waals surface area contributed by atoms with Gasteiger partial charge in [0.15, 0.2) is 15.4 Å². The Kier molecular flexibility index (Phi) is 6.23. The second-order valence-electron chi connectivity index (χ2n) is 6.99. The summed E-state index contributed by atoms with van der Waals surface area (Å²) in [6.07, 6.45) is -0.0854. The Hall–Kier alpha value is -2.46. The molecule has 1 amide bonds. The monoisotopic (exact) mass is 421 g/mol. The molecule has 2 aromatic rings. The van der Waals surface area contributed by atoms with Crippen molar-refractivity contribution in [2.75, 3.05) is 13.2 Å². The molecule has 3 rings (SSSR count). The van der Waals surface area contributed by atoms with E-state index < -0.39 is 33.2 Å². The zero-order valence-corrected chi connectivity index (χ0v) is 16.7. The molecule has 1 fully saturated rings. The van der Waals surface area contributed by atoms with E-state index >= 15 is 0 Å². The molecule has 1 saturated heterocycles. The van der Waals surface area contributed by atoms with Crippen molar-refractivity contribution in [1.82, 2.24) is 5.48 Å². The molecule has 0 saturated carbocycles. The average molecular weight is 421 g/mol. The third-order valence-corrected chi connectivity index (χ3v) is 7.23. The molecular weight excluding hydrogens is 398 g/mol. The summed E-state index contributed by atoms with van der Waals surface area (Å²) in [7, 11) is -4.07. The smallest absolute Gasteiger partial charge is 0.279 e. The van der Waals surface area contributed by atoms with Gasteiger partial charge >= 0.3 is 0 Å². The van der Waals surface area contributed by atoms with E-state index in [-0.39, 0.29) is 17.9 Å². The number of aryl methyl sites for hydroxylation is 1. The van der Waals surface area contributed by atoms with E-state index in [9.17, 15) is 18.3 Å². The van der Waals surface area contributed by atoms with E-state index in [2.05, 4.69) is 0 Å². The number of hydrogen-bond donors (Lipinski definition) is 3. The van der Waals surface area contributed by atoms with Crippen LogP contribution in [0, 0.1) is 6.92 Å². The highest BCUT2D eigenvalue weighted by Gasteiger charge is 2.53. The maximum atomic E-state index is 13.0. The number of benzene rings is 2. The van der Waals surface area contributed by atoms with Crippen LogP contribution in [0.3, 0.4) is 0 Å². The van der Waals surface area contributed by atoms with Gasteiger partial charge in [-0.05, 0) is 43.2 Å². The first-order chi connectivity index (χ1) is 13.8. The SMILES string of the molecule is Cc1ccc(COc2ccc(S(=O)(=O)[C@@H]3CCOC[C@]3(O)C(=O)NO)cc2)cc1. The Labute approximate surface area is 169 Å². The highest BCUT2D eigenvalue weighted by molar-refractivity contribution is 7.92. The van der Waals surface area contributed by atoms with E-state index in [1.54, 1.807) is 0 Å². The van der Waals surface area contributed by atoms with Crippen LogP contribution in [-0.4, -0.2) is 48.7 Å². The van der Waals surface area contributed by atoms with Crippen molar-refractivity contribution in [1.29, 1.82) is 0 Å². The molecule has 0 unspecified atom stereocenters. The van der Waals surface area contributed by atoms with Crippen LogP contribution >= 0.6 is 0 Å². The molecule has 1 aliphatic rings. The van der Waals surface area contributed by atoms with Crippen LogP contribution in [0.15, 0.2) is 53.4 Å². The molecule has 2 aromatic carbocycles. The standard InChI is InChI=1S/C20H23NO7S/c1-14-2-4-15(5-3-14)12-28-16-6-8-17(9-7-16)29(25,26)18-10-11-27-13-20(18,23)19(22)21-24/h2-9,18,23-24H,10-13H2,1H3,(H,21,22)/t18-,20-/m1/s1.